The number of aryl methyl sites for hydroxylation is 1. The van der Waals surface area contributed by atoms with Gasteiger partial charge < -0.3 is 9.88 Å². The van der Waals surface area contributed by atoms with Crippen molar-refractivity contribution in [2.45, 2.75) is 18.2 Å². The second-order valence-electron chi connectivity index (χ2n) is 5.64. The van der Waals surface area contributed by atoms with Crippen LogP contribution in [-0.4, -0.2) is 18.9 Å². The second kappa shape index (κ2) is 6.93. The summed E-state index contributed by atoms with van der Waals surface area (Å²) < 4.78 is 29.8. The molecule has 0 saturated carbocycles. The van der Waals surface area contributed by atoms with Gasteiger partial charge in [0.25, 0.3) is 10.0 Å². The quantitative estimate of drug-likeness (QED) is 0.699. The molecule has 1 aromatic heterocycles. The first-order chi connectivity index (χ1) is 12.3. The van der Waals surface area contributed by atoms with Gasteiger partial charge in [-0.2, -0.15) is 0 Å². The number of anilines is 2. The van der Waals surface area contributed by atoms with Gasteiger partial charge in [-0.15, -0.1) is 0 Å². The van der Waals surface area contributed by atoms with E-state index in [-0.39, 0.29) is 15.7 Å². The maximum atomic E-state index is 12.5. The Balaban J connectivity index is 1.84. The van der Waals surface area contributed by atoms with Gasteiger partial charge in [0.2, 0.25) is 5.91 Å². The Hall–Kier alpha value is -2.65. The lowest BCUT2D eigenvalue weighted by Crippen LogP contribution is -2.13. The fourth-order valence-electron chi connectivity index (χ4n) is 2.38. The first kappa shape index (κ1) is 18.2. The average molecular weight is 391 g/mol. The van der Waals surface area contributed by atoms with Crippen molar-refractivity contribution in [1.82, 2.24) is 4.57 Å². The van der Waals surface area contributed by atoms with E-state index >= 15 is 0 Å². The summed E-state index contributed by atoms with van der Waals surface area (Å²) in [5.74, 6) is -0.145. The van der Waals surface area contributed by atoms with E-state index in [4.69, 9.17) is 0 Å². The largest absolute Gasteiger partial charge is 0.326 e. The number of rotatable bonds is 5. The van der Waals surface area contributed by atoms with Crippen molar-refractivity contribution in [3.05, 3.63) is 52.1 Å². The summed E-state index contributed by atoms with van der Waals surface area (Å²) in [5.41, 5.74) is 1.66. The lowest BCUT2D eigenvalue weighted by Gasteiger charge is -2.09. The van der Waals surface area contributed by atoms with Crippen LogP contribution in [0.25, 0.3) is 10.2 Å². The van der Waals surface area contributed by atoms with Crippen LogP contribution in [0.1, 0.15) is 13.3 Å². The molecule has 0 atom stereocenters. The van der Waals surface area contributed by atoms with Crippen LogP contribution >= 0.6 is 11.3 Å². The summed E-state index contributed by atoms with van der Waals surface area (Å²) in [4.78, 5) is 23.0. The number of carbonyl (C=O) groups excluding carboxylic acids is 1. The zero-order valence-electron chi connectivity index (χ0n) is 14.1. The molecule has 0 fully saturated rings. The average Bonchev–Trinajstić information content (AvgIpc) is 2.88. The minimum Gasteiger partial charge on any atom is -0.326 e. The molecule has 3 rings (SSSR count). The summed E-state index contributed by atoms with van der Waals surface area (Å²) in [5, 5.41) is 2.66. The molecule has 0 spiro atoms. The van der Waals surface area contributed by atoms with Crippen LogP contribution in [0, 0.1) is 0 Å². The van der Waals surface area contributed by atoms with Crippen LogP contribution in [0.5, 0.6) is 0 Å². The molecule has 136 valence electrons. The van der Waals surface area contributed by atoms with E-state index in [1.165, 1.54) is 28.8 Å². The fraction of sp³-hybridized carbons (Fsp3) is 0.176. The van der Waals surface area contributed by atoms with Crippen LogP contribution in [-0.2, 0) is 21.9 Å². The molecule has 2 N–H and O–H groups in total. The highest BCUT2D eigenvalue weighted by Gasteiger charge is 2.15. The monoisotopic (exact) mass is 391 g/mol. The van der Waals surface area contributed by atoms with Crippen molar-refractivity contribution in [2.75, 3.05) is 10.0 Å². The minimum atomic E-state index is -3.78. The number of thiazole rings is 1. The number of amides is 1. The number of hydrogen-bond acceptors (Lipinski definition) is 5. The van der Waals surface area contributed by atoms with E-state index in [0.717, 1.165) is 16.9 Å². The van der Waals surface area contributed by atoms with Crippen molar-refractivity contribution >= 4 is 48.9 Å². The summed E-state index contributed by atoms with van der Waals surface area (Å²) in [6.45, 7) is 1.73. The maximum absolute atomic E-state index is 12.5. The number of nitrogens with zero attached hydrogens (tertiary/aromatic N) is 1. The van der Waals surface area contributed by atoms with E-state index in [2.05, 4.69) is 10.0 Å². The summed E-state index contributed by atoms with van der Waals surface area (Å²) in [6, 6.07) is 10.9. The lowest BCUT2D eigenvalue weighted by molar-refractivity contribution is -0.115. The molecular formula is C17H17N3O4S2. The van der Waals surface area contributed by atoms with Crippen molar-refractivity contribution < 1.29 is 13.2 Å². The second-order valence-corrected chi connectivity index (χ2v) is 8.32. The predicted molar refractivity (Wildman–Crippen MR) is 103 cm³/mol. The van der Waals surface area contributed by atoms with Gasteiger partial charge in [-0.25, -0.2) is 8.42 Å². The maximum Gasteiger partial charge on any atom is 0.307 e. The minimum absolute atomic E-state index is 0.0772. The smallest absolute Gasteiger partial charge is 0.307 e. The van der Waals surface area contributed by atoms with E-state index in [0.29, 0.717) is 22.5 Å². The van der Waals surface area contributed by atoms with Gasteiger partial charge in [-0.1, -0.05) is 18.3 Å². The molecule has 0 unspecified atom stereocenters. The topological polar surface area (TPSA) is 97.3 Å². The molecule has 1 heterocycles. The Labute approximate surface area is 154 Å². The molecule has 2 aromatic carbocycles. The third kappa shape index (κ3) is 3.63. The Bertz CT molecular complexity index is 1130. The number of aromatic nitrogens is 1. The van der Waals surface area contributed by atoms with Crippen LogP contribution in [0.2, 0.25) is 0 Å². The van der Waals surface area contributed by atoms with Crippen LogP contribution < -0.4 is 14.9 Å². The van der Waals surface area contributed by atoms with E-state index < -0.39 is 10.0 Å². The van der Waals surface area contributed by atoms with E-state index in [1.807, 2.05) is 0 Å². The molecule has 0 saturated heterocycles. The highest BCUT2D eigenvalue weighted by atomic mass is 32.2. The van der Waals surface area contributed by atoms with Crippen LogP contribution in [0.4, 0.5) is 11.4 Å². The number of sulfonamides is 1. The first-order valence-corrected chi connectivity index (χ1v) is 10.1. The standard InChI is InChI=1S/C17H17N3O4S2/c1-3-16(21)18-11-4-7-13(8-5-11)26(23,24)19-12-6-9-14-15(10-12)25-17(22)20(14)2/h4-10,19H,3H2,1-2H3,(H,18,21). The van der Waals surface area contributed by atoms with Gasteiger partial charge in [0.15, 0.2) is 0 Å². The van der Waals surface area contributed by atoms with Gasteiger partial charge in [0.05, 0.1) is 20.8 Å². The lowest BCUT2D eigenvalue weighted by atomic mass is 10.3. The number of fused-ring (bicyclic) bond motifs is 1. The van der Waals surface area contributed by atoms with Gasteiger partial charge in [-0.3, -0.25) is 14.3 Å². The number of benzene rings is 2. The SMILES string of the molecule is CCC(=O)Nc1ccc(S(=O)(=O)Nc2ccc3c(c2)sc(=O)n3C)cc1. The molecule has 3 aromatic rings. The molecule has 0 aliphatic heterocycles. The molecular weight excluding hydrogens is 374 g/mol. The van der Waals surface area contributed by atoms with Crippen molar-refractivity contribution in [3.63, 3.8) is 0 Å². The van der Waals surface area contributed by atoms with Crippen LogP contribution in [0.3, 0.4) is 0 Å². The molecule has 0 aliphatic carbocycles. The Morgan fingerprint density at radius 3 is 2.42 bits per heavy atom. The van der Waals surface area contributed by atoms with Crippen molar-refractivity contribution in [3.8, 4) is 0 Å². The zero-order valence-corrected chi connectivity index (χ0v) is 15.8. The van der Waals surface area contributed by atoms with Crippen LogP contribution in [0.15, 0.2) is 52.2 Å². The third-order valence-electron chi connectivity index (χ3n) is 3.81. The molecule has 0 aliphatic rings. The third-order valence-corrected chi connectivity index (χ3v) is 6.21. The van der Waals surface area contributed by atoms with Gasteiger partial charge >= 0.3 is 4.87 Å². The summed E-state index contributed by atoms with van der Waals surface area (Å²) >= 11 is 1.06. The Morgan fingerprint density at radius 1 is 1.12 bits per heavy atom. The van der Waals surface area contributed by atoms with E-state index in [9.17, 15) is 18.0 Å². The zero-order chi connectivity index (χ0) is 18.9. The molecule has 0 bridgehead atoms. The summed E-state index contributed by atoms with van der Waals surface area (Å²) in [6.07, 6.45) is 0.343. The van der Waals surface area contributed by atoms with Crippen molar-refractivity contribution in [2.24, 2.45) is 7.05 Å². The number of carbonyl (C=O) groups is 1. The number of hydrogen-bond donors (Lipinski definition) is 2. The van der Waals surface area contributed by atoms with Gasteiger partial charge in [0, 0.05) is 19.2 Å². The normalized spacial score (nSPS) is 11.5. The van der Waals surface area contributed by atoms with E-state index in [1.54, 1.807) is 32.2 Å². The summed E-state index contributed by atoms with van der Waals surface area (Å²) in [7, 11) is -2.11. The molecule has 1 amide bonds. The Kier molecular flexibility index (Phi) is 4.84. The molecule has 26 heavy (non-hydrogen) atoms. The first-order valence-electron chi connectivity index (χ1n) is 7.82. The van der Waals surface area contributed by atoms with Gasteiger partial charge in [-0.05, 0) is 42.5 Å². The van der Waals surface area contributed by atoms with Gasteiger partial charge in [0.1, 0.15) is 0 Å². The molecule has 7 nitrogen and oxygen atoms in total. The highest BCUT2D eigenvalue weighted by Crippen LogP contribution is 2.24. The fourth-order valence-corrected chi connectivity index (χ4v) is 4.35. The Morgan fingerprint density at radius 2 is 1.77 bits per heavy atom. The highest BCUT2D eigenvalue weighted by molar-refractivity contribution is 7.92. The predicted octanol–water partition coefficient (Wildman–Crippen LogP) is 2.75. The van der Waals surface area contributed by atoms with Crippen molar-refractivity contribution in [1.29, 1.82) is 0 Å². The molecule has 9 heteroatoms. The molecule has 0 radical (unpaired) electrons. The number of nitrogens with one attached hydrogen (secondary N) is 2.